The Morgan fingerprint density at radius 1 is 1.08 bits per heavy atom. The van der Waals surface area contributed by atoms with E-state index in [0.29, 0.717) is 11.7 Å². The first-order valence-electron chi connectivity index (χ1n) is 5.26. The zero-order chi connectivity index (χ0) is 8.29. The normalized spacial score (nSPS) is 54.9. The van der Waals surface area contributed by atoms with Crippen LogP contribution in [0.15, 0.2) is 0 Å². The van der Waals surface area contributed by atoms with Gasteiger partial charge >= 0.3 is 0 Å². The molecule has 0 N–H and O–H groups in total. The third-order valence-electron chi connectivity index (χ3n) is 4.53. The molecule has 4 aliphatic rings. The molecule has 4 rings (SSSR count). The van der Waals surface area contributed by atoms with Crippen LogP contribution in [0.5, 0.6) is 0 Å². The van der Waals surface area contributed by atoms with Gasteiger partial charge in [-0.1, -0.05) is 0 Å². The summed E-state index contributed by atoms with van der Waals surface area (Å²) in [4.78, 5) is 11.4. The predicted octanol–water partition coefficient (Wildman–Crippen LogP) is 2.26. The Kier molecular flexibility index (Phi) is 1.26. The molecule has 66 valence electrons. The number of hydrogen-bond acceptors (Lipinski definition) is 1. The number of carbonyl (C=O) groups is 1. The fraction of sp³-hybridized carbons (Fsp3) is 0.909. The lowest BCUT2D eigenvalue weighted by molar-refractivity contribution is -0.124. The zero-order valence-corrected chi connectivity index (χ0v) is 7.62. The van der Waals surface area contributed by atoms with Crippen LogP contribution < -0.4 is 0 Å². The van der Waals surface area contributed by atoms with E-state index in [9.17, 15) is 4.79 Å². The number of ketones is 1. The van der Waals surface area contributed by atoms with E-state index in [1.54, 1.807) is 6.92 Å². The summed E-state index contributed by atoms with van der Waals surface area (Å²) in [6.07, 6.45) is 5.58. The highest BCUT2D eigenvalue weighted by Crippen LogP contribution is 2.61. The van der Waals surface area contributed by atoms with Crippen molar-refractivity contribution in [3.8, 4) is 0 Å². The summed E-state index contributed by atoms with van der Waals surface area (Å²) < 4.78 is 0. The van der Waals surface area contributed by atoms with Crippen molar-refractivity contribution in [3.63, 3.8) is 0 Å². The SMILES string of the molecule is CC(=O)[C@@H]1[C@@H]2C[C@H]3C[C@H](C2)[C@H]1C3. The number of Topliss-reactive ketones (excluding diaryl/α,β-unsaturated/α-hetero) is 1. The van der Waals surface area contributed by atoms with Gasteiger partial charge in [-0.05, 0) is 56.3 Å². The lowest BCUT2D eigenvalue weighted by atomic mass is 9.74. The summed E-state index contributed by atoms with van der Waals surface area (Å²) in [7, 11) is 0. The lowest BCUT2D eigenvalue weighted by Gasteiger charge is -2.30. The standard InChI is InChI=1S/C11H16O/c1-6(12)11-9-3-7-2-8(5-9)10(11)4-7/h7-11H,2-5H2,1H3/t7-,8-,9-,10-,11-/m1/s1. The molecule has 0 radical (unpaired) electrons. The van der Waals surface area contributed by atoms with Crippen LogP contribution in [0.2, 0.25) is 0 Å². The monoisotopic (exact) mass is 164 g/mol. The maximum Gasteiger partial charge on any atom is 0.133 e. The van der Waals surface area contributed by atoms with Gasteiger partial charge < -0.3 is 0 Å². The topological polar surface area (TPSA) is 17.1 Å². The van der Waals surface area contributed by atoms with Gasteiger partial charge in [-0.2, -0.15) is 0 Å². The summed E-state index contributed by atoms with van der Waals surface area (Å²) in [5.74, 6) is 4.52. The first-order chi connectivity index (χ1) is 5.75. The molecule has 0 unspecified atom stereocenters. The van der Waals surface area contributed by atoms with Gasteiger partial charge in [0.2, 0.25) is 0 Å². The number of rotatable bonds is 1. The van der Waals surface area contributed by atoms with Crippen LogP contribution >= 0.6 is 0 Å². The highest BCUT2D eigenvalue weighted by Gasteiger charge is 2.54. The first kappa shape index (κ1) is 7.11. The van der Waals surface area contributed by atoms with Gasteiger partial charge in [0.25, 0.3) is 0 Å². The van der Waals surface area contributed by atoms with Crippen LogP contribution in [0.25, 0.3) is 0 Å². The van der Waals surface area contributed by atoms with Crippen LogP contribution in [0.4, 0.5) is 0 Å². The fourth-order valence-electron chi connectivity index (χ4n) is 4.37. The van der Waals surface area contributed by atoms with Gasteiger partial charge in [-0.25, -0.2) is 0 Å². The molecular formula is C11H16O. The quantitative estimate of drug-likeness (QED) is 0.581. The maximum atomic E-state index is 11.4. The van der Waals surface area contributed by atoms with Gasteiger partial charge in [0, 0.05) is 5.92 Å². The lowest BCUT2D eigenvalue weighted by Crippen LogP contribution is -2.28. The Morgan fingerprint density at radius 3 is 2.50 bits per heavy atom. The van der Waals surface area contributed by atoms with Crippen molar-refractivity contribution < 1.29 is 4.79 Å². The second kappa shape index (κ2) is 2.12. The van der Waals surface area contributed by atoms with Gasteiger partial charge in [-0.15, -0.1) is 0 Å². The predicted molar refractivity (Wildman–Crippen MR) is 46.6 cm³/mol. The summed E-state index contributed by atoms with van der Waals surface area (Å²) >= 11 is 0. The third kappa shape index (κ3) is 0.725. The van der Waals surface area contributed by atoms with E-state index in [0.717, 1.165) is 23.7 Å². The molecule has 5 atom stereocenters. The molecular weight excluding hydrogens is 148 g/mol. The molecule has 0 spiro atoms. The van der Waals surface area contributed by atoms with E-state index >= 15 is 0 Å². The van der Waals surface area contributed by atoms with Crippen LogP contribution in [0, 0.1) is 29.6 Å². The van der Waals surface area contributed by atoms with Crippen molar-refractivity contribution in [1.29, 1.82) is 0 Å². The molecule has 4 fully saturated rings. The fourth-order valence-corrected chi connectivity index (χ4v) is 4.37. The van der Waals surface area contributed by atoms with E-state index in [4.69, 9.17) is 0 Å². The first-order valence-corrected chi connectivity index (χ1v) is 5.26. The summed E-state index contributed by atoms with van der Waals surface area (Å²) in [6.45, 7) is 1.80. The molecule has 0 aromatic carbocycles. The Bertz CT molecular complexity index is 229. The van der Waals surface area contributed by atoms with E-state index in [-0.39, 0.29) is 0 Å². The van der Waals surface area contributed by atoms with Crippen molar-refractivity contribution in [2.75, 3.05) is 0 Å². The van der Waals surface area contributed by atoms with Crippen molar-refractivity contribution in [1.82, 2.24) is 0 Å². The average molecular weight is 164 g/mol. The molecule has 0 aromatic rings. The van der Waals surface area contributed by atoms with Gasteiger partial charge in [0.15, 0.2) is 0 Å². The van der Waals surface area contributed by atoms with Crippen molar-refractivity contribution >= 4 is 5.78 Å². The van der Waals surface area contributed by atoms with E-state index < -0.39 is 0 Å². The molecule has 0 aromatic heterocycles. The molecule has 0 amide bonds. The summed E-state index contributed by atoms with van der Waals surface area (Å²) in [5, 5.41) is 0. The molecule has 0 heterocycles. The van der Waals surface area contributed by atoms with Crippen molar-refractivity contribution in [2.45, 2.75) is 32.6 Å². The second-order valence-corrected chi connectivity index (χ2v) is 5.13. The third-order valence-corrected chi connectivity index (χ3v) is 4.53. The van der Waals surface area contributed by atoms with E-state index in [2.05, 4.69) is 0 Å². The van der Waals surface area contributed by atoms with Crippen molar-refractivity contribution in [2.24, 2.45) is 29.6 Å². The minimum absolute atomic E-state index is 0.479. The summed E-state index contributed by atoms with van der Waals surface area (Å²) in [6, 6.07) is 0. The van der Waals surface area contributed by atoms with Gasteiger partial charge in [0.1, 0.15) is 5.78 Å². The molecule has 1 heteroatoms. The molecule has 12 heavy (non-hydrogen) atoms. The highest BCUT2D eigenvalue weighted by atomic mass is 16.1. The van der Waals surface area contributed by atoms with E-state index in [1.807, 2.05) is 0 Å². The van der Waals surface area contributed by atoms with Crippen LogP contribution in [0.1, 0.15) is 32.6 Å². The Hall–Kier alpha value is -0.330. The molecule has 0 aliphatic heterocycles. The summed E-state index contributed by atoms with van der Waals surface area (Å²) in [5.41, 5.74) is 0. The molecule has 4 aliphatic carbocycles. The van der Waals surface area contributed by atoms with Gasteiger partial charge in [0.05, 0.1) is 0 Å². The van der Waals surface area contributed by atoms with Crippen molar-refractivity contribution in [3.05, 3.63) is 0 Å². The van der Waals surface area contributed by atoms with Gasteiger partial charge in [-0.3, -0.25) is 4.79 Å². The zero-order valence-electron chi connectivity index (χ0n) is 7.62. The Morgan fingerprint density at radius 2 is 1.83 bits per heavy atom. The average Bonchev–Trinajstić information content (AvgIpc) is 2.38. The number of hydrogen-bond donors (Lipinski definition) is 0. The van der Waals surface area contributed by atoms with Crippen LogP contribution in [-0.2, 0) is 4.79 Å². The van der Waals surface area contributed by atoms with Crippen LogP contribution in [-0.4, -0.2) is 5.78 Å². The molecule has 0 saturated heterocycles. The minimum atomic E-state index is 0.479. The minimum Gasteiger partial charge on any atom is -0.300 e. The maximum absolute atomic E-state index is 11.4. The van der Waals surface area contributed by atoms with E-state index in [1.165, 1.54) is 25.7 Å². The molecule has 1 nitrogen and oxygen atoms in total. The molecule has 4 saturated carbocycles. The Labute approximate surface area is 73.5 Å². The smallest absolute Gasteiger partial charge is 0.133 e. The highest BCUT2D eigenvalue weighted by molar-refractivity contribution is 5.79. The van der Waals surface area contributed by atoms with Crippen LogP contribution in [0.3, 0.4) is 0 Å². The Balaban J connectivity index is 1.94. The largest absolute Gasteiger partial charge is 0.300 e. The second-order valence-electron chi connectivity index (χ2n) is 5.13. The number of carbonyl (C=O) groups excluding carboxylic acids is 1. The molecule has 4 bridgehead atoms.